The van der Waals surface area contributed by atoms with E-state index in [1.807, 2.05) is 0 Å². The normalized spacial score (nSPS) is 23.6. The summed E-state index contributed by atoms with van der Waals surface area (Å²) < 4.78 is 5.81. The molecule has 0 unspecified atom stereocenters. The van der Waals surface area contributed by atoms with Crippen LogP contribution in [0.5, 0.6) is 28.7 Å². The lowest BCUT2D eigenvalue weighted by molar-refractivity contribution is -0.0597. The van der Waals surface area contributed by atoms with Crippen molar-refractivity contribution in [2.75, 3.05) is 0 Å². The van der Waals surface area contributed by atoms with Gasteiger partial charge in [0.05, 0.1) is 0 Å². The highest BCUT2D eigenvalue weighted by atomic mass is 16.5. The standard InChI is InChI=1S/C16H16O6/c1-16(8-2-3-11(18)13(20)4-8)15(21)7-10-12(19)5-9(17)6-14(10)22-16/h2-6,15,17-21H,7H2,1H3/t15-,16+/m0/s1. The summed E-state index contributed by atoms with van der Waals surface area (Å²) in [5.74, 6) is -0.626. The number of aliphatic hydroxyl groups is 1. The van der Waals surface area contributed by atoms with Gasteiger partial charge in [-0.25, -0.2) is 0 Å². The molecule has 0 aromatic heterocycles. The molecule has 6 heteroatoms. The fourth-order valence-corrected chi connectivity index (χ4v) is 2.68. The average Bonchev–Trinajstić information content (AvgIpc) is 2.44. The van der Waals surface area contributed by atoms with Gasteiger partial charge >= 0.3 is 0 Å². The van der Waals surface area contributed by atoms with E-state index in [-0.39, 0.29) is 35.2 Å². The Balaban J connectivity index is 2.09. The van der Waals surface area contributed by atoms with Crippen molar-refractivity contribution in [3.05, 3.63) is 41.5 Å². The van der Waals surface area contributed by atoms with Crippen molar-refractivity contribution in [2.45, 2.75) is 25.0 Å². The Labute approximate surface area is 126 Å². The van der Waals surface area contributed by atoms with Crippen LogP contribution in [-0.2, 0) is 12.0 Å². The summed E-state index contributed by atoms with van der Waals surface area (Å²) in [5, 5.41) is 48.9. The Morgan fingerprint density at radius 2 is 1.73 bits per heavy atom. The summed E-state index contributed by atoms with van der Waals surface area (Å²) in [7, 11) is 0. The van der Waals surface area contributed by atoms with Gasteiger partial charge in [0, 0.05) is 29.7 Å². The SMILES string of the molecule is C[C@]1(c2ccc(O)c(O)c2)Oc2cc(O)cc(O)c2C[C@@H]1O. The Bertz CT molecular complexity index is 742. The first-order valence-corrected chi connectivity index (χ1v) is 6.75. The molecule has 1 heterocycles. The van der Waals surface area contributed by atoms with Crippen molar-refractivity contribution in [3.63, 3.8) is 0 Å². The summed E-state index contributed by atoms with van der Waals surface area (Å²) in [6.07, 6.45) is -0.862. The maximum Gasteiger partial charge on any atom is 0.157 e. The van der Waals surface area contributed by atoms with Crippen molar-refractivity contribution < 1.29 is 30.3 Å². The van der Waals surface area contributed by atoms with E-state index >= 15 is 0 Å². The maximum atomic E-state index is 10.4. The summed E-state index contributed by atoms with van der Waals surface area (Å²) in [4.78, 5) is 0. The van der Waals surface area contributed by atoms with E-state index in [4.69, 9.17) is 4.74 Å². The number of rotatable bonds is 1. The van der Waals surface area contributed by atoms with E-state index in [2.05, 4.69) is 0 Å². The molecule has 6 nitrogen and oxygen atoms in total. The van der Waals surface area contributed by atoms with Gasteiger partial charge in [-0.05, 0) is 19.1 Å². The number of phenols is 4. The topological polar surface area (TPSA) is 110 Å². The fraction of sp³-hybridized carbons (Fsp3) is 0.250. The highest BCUT2D eigenvalue weighted by Gasteiger charge is 2.43. The van der Waals surface area contributed by atoms with Gasteiger partial charge in [0.15, 0.2) is 17.1 Å². The van der Waals surface area contributed by atoms with E-state index in [1.165, 1.54) is 30.3 Å². The molecule has 0 amide bonds. The molecular formula is C16H16O6. The number of fused-ring (bicyclic) bond motifs is 1. The largest absolute Gasteiger partial charge is 0.508 e. The second-order valence-corrected chi connectivity index (χ2v) is 5.57. The molecule has 22 heavy (non-hydrogen) atoms. The molecule has 2 atom stereocenters. The number of aliphatic hydroxyl groups excluding tert-OH is 1. The first kappa shape index (κ1) is 14.3. The Kier molecular flexibility index (Phi) is 3.07. The molecule has 3 rings (SSSR count). The predicted octanol–water partition coefficient (Wildman–Crippen LogP) is 1.72. The average molecular weight is 304 g/mol. The number of aromatic hydroxyl groups is 4. The van der Waals surface area contributed by atoms with Crippen molar-refractivity contribution in [2.24, 2.45) is 0 Å². The predicted molar refractivity (Wildman–Crippen MR) is 77.2 cm³/mol. The molecule has 5 N–H and O–H groups in total. The van der Waals surface area contributed by atoms with E-state index < -0.39 is 11.7 Å². The van der Waals surface area contributed by atoms with Crippen LogP contribution in [0.15, 0.2) is 30.3 Å². The van der Waals surface area contributed by atoms with Crippen LogP contribution in [0.4, 0.5) is 0 Å². The Morgan fingerprint density at radius 1 is 1.00 bits per heavy atom. The van der Waals surface area contributed by atoms with Gasteiger partial charge in [-0.2, -0.15) is 0 Å². The Hall–Kier alpha value is -2.60. The van der Waals surface area contributed by atoms with Crippen LogP contribution in [0.25, 0.3) is 0 Å². The van der Waals surface area contributed by atoms with Crippen LogP contribution in [0.2, 0.25) is 0 Å². The minimum absolute atomic E-state index is 0.125. The van der Waals surface area contributed by atoms with Gasteiger partial charge in [-0.15, -0.1) is 0 Å². The summed E-state index contributed by atoms with van der Waals surface area (Å²) in [6.45, 7) is 1.63. The van der Waals surface area contributed by atoms with Crippen LogP contribution in [-0.4, -0.2) is 31.6 Å². The van der Waals surface area contributed by atoms with Crippen LogP contribution in [0.1, 0.15) is 18.1 Å². The minimum Gasteiger partial charge on any atom is -0.508 e. The van der Waals surface area contributed by atoms with Gasteiger partial charge in [-0.3, -0.25) is 0 Å². The van der Waals surface area contributed by atoms with Crippen LogP contribution >= 0.6 is 0 Å². The Morgan fingerprint density at radius 3 is 2.41 bits per heavy atom. The van der Waals surface area contributed by atoms with Crippen molar-refractivity contribution >= 4 is 0 Å². The lowest BCUT2D eigenvalue weighted by atomic mass is 9.83. The molecule has 0 saturated heterocycles. The second-order valence-electron chi connectivity index (χ2n) is 5.57. The highest BCUT2D eigenvalue weighted by molar-refractivity contribution is 5.53. The van der Waals surface area contributed by atoms with Gasteiger partial charge in [0.2, 0.25) is 0 Å². The van der Waals surface area contributed by atoms with E-state index in [0.29, 0.717) is 11.1 Å². The zero-order valence-corrected chi connectivity index (χ0v) is 11.8. The fourth-order valence-electron chi connectivity index (χ4n) is 2.68. The van der Waals surface area contributed by atoms with Crippen molar-refractivity contribution in [1.82, 2.24) is 0 Å². The highest BCUT2D eigenvalue weighted by Crippen LogP contribution is 2.45. The molecule has 0 saturated carbocycles. The van der Waals surface area contributed by atoms with Crippen LogP contribution < -0.4 is 4.74 Å². The first-order chi connectivity index (χ1) is 10.3. The lowest BCUT2D eigenvalue weighted by Crippen LogP contribution is -2.46. The first-order valence-electron chi connectivity index (χ1n) is 6.75. The van der Waals surface area contributed by atoms with Crippen LogP contribution in [0, 0.1) is 0 Å². The molecule has 2 aromatic carbocycles. The molecule has 1 aliphatic rings. The number of phenolic OH excluding ortho intramolecular Hbond substituents is 4. The minimum atomic E-state index is -1.20. The molecule has 1 aliphatic heterocycles. The number of ether oxygens (including phenoxy) is 1. The second kappa shape index (κ2) is 4.71. The number of hydrogen-bond donors (Lipinski definition) is 5. The van der Waals surface area contributed by atoms with Crippen molar-refractivity contribution in [1.29, 1.82) is 0 Å². The molecule has 0 aliphatic carbocycles. The van der Waals surface area contributed by atoms with Gasteiger partial charge in [-0.1, -0.05) is 6.07 Å². The van der Waals surface area contributed by atoms with E-state index in [0.717, 1.165) is 0 Å². The van der Waals surface area contributed by atoms with Crippen molar-refractivity contribution in [3.8, 4) is 28.7 Å². The number of hydrogen-bond acceptors (Lipinski definition) is 6. The van der Waals surface area contributed by atoms with E-state index in [1.54, 1.807) is 6.92 Å². The molecule has 2 aromatic rings. The summed E-state index contributed by atoms with van der Waals surface area (Å²) >= 11 is 0. The third-order valence-electron chi connectivity index (χ3n) is 4.07. The quantitative estimate of drug-likeness (QED) is 0.513. The monoisotopic (exact) mass is 304 g/mol. The maximum absolute atomic E-state index is 10.4. The van der Waals surface area contributed by atoms with Gasteiger partial charge < -0.3 is 30.3 Å². The zero-order valence-electron chi connectivity index (χ0n) is 11.8. The van der Waals surface area contributed by atoms with Gasteiger partial charge in [0.25, 0.3) is 0 Å². The molecule has 0 spiro atoms. The zero-order chi connectivity index (χ0) is 16.1. The molecule has 0 bridgehead atoms. The van der Waals surface area contributed by atoms with Crippen LogP contribution in [0.3, 0.4) is 0 Å². The number of benzene rings is 2. The molecule has 0 radical (unpaired) electrons. The smallest absolute Gasteiger partial charge is 0.157 e. The molecule has 0 fully saturated rings. The summed E-state index contributed by atoms with van der Waals surface area (Å²) in [5.41, 5.74) is -0.326. The lowest BCUT2D eigenvalue weighted by Gasteiger charge is -2.40. The third kappa shape index (κ3) is 2.08. The molecule has 116 valence electrons. The van der Waals surface area contributed by atoms with E-state index in [9.17, 15) is 25.5 Å². The third-order valence-corrected chi connectivity index (χ3v) is 4.07. The summed E-state index contributed by atoms with van der Waals surface area (Å²) in [6, 6.07) is 6.70. The molecular weight excluding hydrogens is 288 g/mol. The van der Waals surface area contributed by atoms with Gasteiger partial charge in [0.1, 0.15) is 23.4 Å².